The monoisotopic (exact) mass is 374 g/mol. The van der Waals surface area contributed by atoms with Gasteiger partial charge in [-0.15, -0.1) is 11.8 Å². The predicted octanol–water partition coefficient (Wildman–Crippen LogP) is 3.27. The Labute approximate surface area is 157 Å². The Bertz CT molecular complexity index is 744. The maximum atomic E-state index is 12.5. The Hall–Kier alpha value is -2.41. The van der Waals surface area contributed by atoms with Gasteiger partial charge < -0.3 is 19.1 Å². The zero-order valence-corrected chi connectivity index (χ0v) is 15.9. The lowest BCUT2D eigenvalue weighted by atomic mass is 10.1. The molecule has 3 rings (SSSR count). The van der Waals surface area contributed by atoms with Gasteiger partial charge in [0.25, 0.3) is 0 Å². The number of hydrogen-bond donors (Lipinski definition) is 0. The van der Waals surface area contributed by atoms with Crippen LogP contribution in [0.25, 0.3) is 0 Å². The number of carbonyl (C=O) groups is 1. The number of ether oxygens (including phenoxy) is 3. The van der Waals surface area contributed by atoms with Gasteiger partial charge in [-0.2, -0.15) is 0 Å². The van der Waals surface area contributed by atoms with Crippen LogP contribution in [0.3, 0.4) is 0 Å². The van der Waals surface area contributed by atoms with Crippen LogP contribution < -0.4 is 14.2 Å². The molecule has 26 heavy (non-hydrogen) atoms. The van der Waals surface area contributed by atoms with Gasteiger partial charge in [0, 0.05) is 6.54 Å². The van der Waals surface area contributed by atoms with E-state index in [0.717, 1.165) is 16.9 Å². The van der Waals surface area contributed by atoms with Gasteiger partial charge in [-0.3, -0.25) is 9.78 Å². The Morgan fingerprint density at radius 3 is 2.38 bits per heavy atom. The van der Waals surface area contributed by atoms with E-state index in [0.29, 0.717) is 30.4 Å². The first-order valence-corrected chi connectivity index (χ1v) is 9.41. The molecule has 1 amide bonds. The van der Waals surface area contributed by atoms with Crippen molar-refractivity contribution in [3.8, 4) is 17.2 Å². The molecule has 1 fully saturated rings. The maximum Gasteiger partial charge on any atom is 0.234 e. The van der Waals surface area contributed by atoms with Crippen LogP contribution in [0.1, 0.15) is 23.4 Å². The number of pyridine rings is 1. The lowest BCUT2D eigenvalue weighted by Crippen LogP contribution is -2.28. The van der Waals surface area contributed by atoms with E-state index in [4.69, 9.17) is 14.2 Å². The first-order chi connectivity index (χ1) is 12.7. The van der Waals surface area contributed by atoms with Gasteiger partial charge in [0.15, 0.2) is 0 Å². The second-order valence-electron chi connectivity index (χ2n) is 5.72. The molecule has 1 aliphatic heterocycles. The molecule has 2 heterocycles. The summed E-state index contributed by atoms with van der Waals surface area (Å²) >= 11 is 1.57. The molecule has 0 N–H and O–H groups in total. The number of aromatic nitrogens is 1. The van der Waals surface area contributed by atoms with E-state index in [1.807, 2.05) is 36.1 Å². The number of carbonyl (C=O) groups excluding carboxylic acids is 1. The fourth-order valence-corrected chi connectivity index (χ4v) is 4.16. The van der Waals surface area contributed by atoms with Crippen LogP contribution >= 0.6 is 11.8 Å². The molecule has 7 heteroatoms. The van der Waals surface area contributed by atoms with Crippen LogP contribution in [-0.2, 0) is 11.3 Å². The van der Waals surface area contributed by atoms with E-state index in [1.54, 1.807) is 38.4 Å². The lowest BCUT2D eigenvalue weighted by Gasteiger charge is -2.26. The van der Waals surface area contributed by atoms with E-state index >= 15 is 0 Å². The molecule has 1 aromatic heterocycles. The zero-order valence-electron chi connectivity index (χ0n) is 15.1. The molecule has 0 saturated carbocycles. The molecule has 0 bridgehead atoms. The molecule has 2 aromatic rings. The Morgan fingerprint density at radius 2 is 1.81 bits per heavy atom. The Balaban J connectivity index is 1.88. The molecule has 1 atom stereocenters. The summed E-state index contributed by atoms with van der Waals surface area (Å²) in [4.78, 5) is 18.5. The van der Waals surface area contributed by atoms with Gasteiger partial charge in [-0.1, -0.05) is 12.1 Å². The quantitative estimate of drug-likeness (QED) is 0.741. The van der Waals surface area contributed by atoms with Crippen molar-refractivity contribution < 1.29 is 19.0 Å². The highest BCUT2D eigenvalue weighted by molar-refractivity contribution is 8.00. The van der Waals surface area contributed by atoms with Gasteiger partial charge in [0.05, 0.1) is 44.5 Å². The van der Waals surface area contributed by atoms with Gasteiger partial charge in [-0.25, -0.2) is 0 Å². The van der Waals surface area contributed by atoms with Crippen molar-refractivity contribution in [2.24, 2.45) is 0 Å². The third-order valence-corrected chi connectivity index (χ3v) is 5.38. The van der Waals surface area contributed by atoms with Crippen molar-refractivity contribution in [3.05, 3.63) is 47.8 Å². The van der Waals surface area contributed by atoms with Crippen molar-refractivity contribution in [2.75, 3.05) is 26.6 Å². The van der Waals surface area contributed by atoms with Crippen LogP contribution in [0.2, 0.25) is 0 Å². The SMILES string of the molecule is CCOc1ccc(CN2C(=O)CSC2c2c(OC)cncc2OC)cc1. The minimum Gasteiger partial charge on any atom is -0.495 e. The molecule has 1 aromatic carbocycles. The topological polar surface area (TPSA) is 60.9 Å². The minimum atomic E-state index is -0.179. The third kappa shape index (κ3) is 3.72. The standard InChI is InChI=1S/C19H22N2O4S/c1-4-25-14-7-5-13(6-8-14)11-21-17(22)12-26-19(21)18-15(23-2)9-20-10-16(18)24-3/h5-10,19H,4,11-12H2,1-3H3. The summed E-state index contributed by atoms with van der Waals surface area (Å²) in [5, 5.41) is -0.179. The van der Waals surface area contributed by atoms with Crippen molar-refractivity contribution in [3.63, 3.8) is 0 Å². The molecule has 0 radical (unpaired) electrons. The van der Waals surface area contributed by atoms with E-state index in [2.05, 4.69) is 4.98 Å². The number of rotatable bonds is 7. The van der Waals surface area contributed by atoms with Crippen molar-refractivity contribution in [1.82, 2.24) is 9.88 Å². The van der Waals surface area contributed by atoms with Gasteiger partial charge in [0.2, 0.25) is 5.91 Å². The smallest absolute Gasteiger partial charge is 0.234 e. The Kier molecular flexibility index (Phi) is 5.88. The summed E-state index contributed by atoms with van der Waals surface area (Å²) in [6.45, 7) is 3.09. The fourth-order valence-electron chi connectivity index (χ4n) is 2.92. The number of methoxy groups -OCH3 is 2. The van der Waals surface area contributed by atoms with Crippen LogP contribution in [0, 0.1) is 0 Å². The molecule has 0 spiro atoms. The van der Waals surface area contributed by atoms with Crippen LogP contribution in [-0.4, -0.2) is 42.4 Å². The first-order valence-electron chi connectivity index (χ1n) is 8.36. The molecule has 6 nitrogen and oxygen atoms in total. The molecule has 1 unspecified atom stereocenters. The maximum absolute atomic E-state index is 12.5. The molecular formula is C19H22N2O4S. The second kappa shape index (κ2) is 8.31. The summed E-state index contributed by atoms with van der Waals surface area (Å²) in [7, 11) is 3.19. The van der Waals surface area contributed by atoms with E-state index in [-0.39, 0.29) is 11.3 Å². The summed E-state index contributed by atoms with van der Waals surface area (Å²) in [6.07, 6.45) is 3.30. The highest BCUT2D eigenvalue weighted by Crippen LogP contribution is 2.46. The van der Waals surface area contributed by atoms with Crippen LogP contribution in [0.15, 0.2) is 36.7 Å². The normalized spacial score (nSPS) is 16.7. The molecule has 0 aliphatic carbocycles. The zero-order chi connectivity index (χ0) is 18.5. The largest absolute Gasteiger partial charge is 0.495 e. The minimum absolute atomic E-state index is 0.0924. The summed E-state index contributed by atoms with van der Waals surface area (Å²) in [5.74, 6) is 2.58. The highest BCUT2D eigenvalue weighted by Gasteiger charge is 2.36. The number of thioether (sulfide) groups is 1. The predicted molar refractivity (Wildman–Crippen MR) is 101 cm³/mol. The number of nitrogens with zero attached hydrogens (tertiary/aromatic N) is 2. The Morgan fingerprint density at radius 1 is 1.15 bits per heavy atom. The average molecular weight is 374 g/mol. The number of benzene rings is 1. The lowest BCUT2D eigenvalue weighted by molar-refractivity contribution is -0.128. The van der Waals surface area contributed by atoms with Crippen molar-refractivity contribution in [2.45, 2.75) is 18.8 Å². The highest BCUT2D eigenvalue weighted by atomic mass is 32.2. The van der Waals surface area contributed by atoms with Crippen molar-refractivity contribution in [1.29, 1.82) is 0 Å². The molecule has 1 saturated heterocycles. The van der Waals surface area contributed by atoms with E-state index in [9.17, 15) is 4.79 Å². The van der Waals surface area contributed by atoms with E-state index < -0.39 is 0 Å². The first kappa shape index (κ1) is 18.4. The van der Waals surface area contributed by atoms with Crippen molar-refractivity contribution >= 4 is 17.7 Å². The molecule has 1 aliphatic rings. The van der Waals surface area contributed by atoms with Gasteiger partial charge >= 0.3 is 0 Å². The summed E-state index contributed by atoms with van der Waals surface area (Å²) in [6, 6.07) is 7.82. The van der Waals surface area contributed by atoms with Gasteiger partial charge in [-0.05, 0) is 24.6 Å². The average Bonchev–Trinajstić information content (AvgIpc) is 3.03. The summed E-state index contributed by atoms with van der Waals surface area (Å²) < 4.78 is 16.4. The third-order valence-electron chi connectivity index (χ3n) is 4.16. The number of amides is 1. The van der Waals surface area contributed by atoms with Gasteiger partial charge in [0.1, 0.15) is 22.6 Å². The van der Waals surface area contributed by atoms with Crippen LogP contribution in [0.5, 0.6) is 17.2 Å². The van der Waals surface area contributed by atoms with Crippen LogP contribution in [0.4, 0.5) is 0 Å². The second-order valence-corrected chi connectivity index (χ2v) is 6.79. The molecular weight excluding hydrogens is 352 g/mol. The van der Waals surface area contributed by atoms with E-state index in [1.165, 1.54) is 0 Å². The molecule has 138 valence electrons. The summed E-state index contributed by atoms with van der Waals surface area (Å²) in [5.41, 5.74) is 1.88. The fraction of sp³-hybridized carbons (Fsp3) is 0.368. The number of hydrogen-bond acceptors (Lipinski definition) is 6.